The van der Waals surface area contributed by atoms with Crippen molar-refractivity contribution in [1.29, 1.82) is 0 Å². The van der Waals surface area contributed by atoms with Crippen molar-refractivity contribution in [1.82, 2.24) is 0 Å². The van der Waals surface area contributed by atoms with E-state index in [1.54, 1.807) is 0 Å². The summed E-state index contributed by atoms with van der Waals surface area (Å²) >= 11 is 1.84. The van der Waals surface area contributed by atoms with Crippen LogP contribution in [0.25, 0.3) is 10.4 Å². The van der Waals surface area contributed by atoms with Crippen LogP contribution in [0.3, 0.4) is 0 Å². The Morgan fingerprint density at radius 2 is 1.31 bits per heavy atom. The predicted octanol–water partition coefficient (Wildman–Crippen LogP) is 5.78. The van der Waals surface area contributed by atoms with Crippen molar-refractivity contribution >= 4 is 11.3 Å². The number of thiophene rings is 1. The molecular weight excluding hydrogens is 212 g/mol. The monoisotopic (exact) mass is 234 g/mol. The van der Waals surface area contributed by atoms with Gasteiger partial charge in [-0.2, -0.15) is 0 Å². The Labute approximate surface area is 104 Å². The molecular formula is C15H22S. The van der Waals surface area contributed by atoms with Gasteiger partial charge in [-0.1, -0.05) is 58.0 Å². The van der Waals surface area contributed by atoms with Crippen molar-refractivity contribution < 1.29 is 0 Å². The van der Waals surface area contributed by atoms with Gasteiger partial charge in [0.05, 0.1) is 0 Å². The highest BCUT2D eigenvalue weighted by molar-refractivity contribution is 7.15. The summed E-state index contributed by atoms with van der Waals surface area (Å²) in [7, 11) is 0. The van der Waals surface area contributed by atoms with E-state index in [2.05, 4.69) is 43.3 Å². The second-order valence-electron chi connectivity index (χ2n) is 2.78. The first-order valence-electron chi connectivity index (χ1n) is 5.98. The lowest BCUT2D eigenvalue weighted by Crippen LogP contribution is -1.67. The molecule has 1 heterocycles. The highest BCUT2D eigenvalue weighted by atomic mass is 32.1. The van der Waals surface area contributed by atoms with E-state index in [1.165, 1.54) is 15.3 Å². The Morgan fingerprint density at radius 1 is 0.750 bits per heavy atom. The third-order valence-electron chi connectivity index (χ3n) is 1.80. The van der Waals surface area contributed by atoms with Gasteiger partial charge in [-0.25, -0.2) is 0 Å². The molecule has 0 saturated carbocycles. The third kappa shape index (κ3) is 4.63. The van der Waals surface area contributed by atoms with E-state index in [0.29, 0.717) is 0 Å². The summed E-state index contributed by atoms with van der Waals surface area (Å²) in [5.74, 6) is 0. The molecule has 0 saturated heterocycles. The van der Waals surface area contributed by atoms with Crippen molar-refractivity contribution in [2.75, 3.05) is 0 Å². The van der Waals surface area contributed by atoms with Crippen LogP contribution in [0.4, 0.5) is 0 Å². The molecule has 2 rings (SSSR count). The van der Waals surface area contributed by atoms with Crippen LogP contribution in [0.2, 0.25) is 0 Å². The van der Waals surface area contributed by atoms with Crippen molar-refractivity contribution in [2.24, 2.45) is 0 Å². The summed E-state index contributed by atoms with van der Waals surface area (Å²) in [6, 6.07) is 14.8. The molecule has 0 bridgehead atoms. The SMILES string of the molecule is CC.CC.Cc1ccc(-c2ccccc2)s1. The molecule has 16 heavy (non-hydrogen) atoms. The molecule has 0 fully saturated rings. The standard InChI is InChI=1S/C11H10S.2C2H6/c1-9-7-8-11(12-9)10-5-3-2-4-6-10;2*1-2/h2-8H,1H3;2*1-2H3. The fraction of sp³-hybridized carbons (Fsp3) is 0.333. The fourth-order valence-electron chi connectivity index (χ4n) is 1.19. The highest BCUT2D eigenvalue weighted by Crippen LogP contribution is 2.26. The molecule has 0 amide bonds. The number of hydrogen-bond acceptors (Lipinski definition) is 1. The smallest absolute Gasteiger partial charge is 0.0345 e. The summed E-state index contributed by atoms with van der Waals surface area (Å²) in [5.41, 5.74) is 1.32. The van der Waals surface area contributed by atoms with E-state index >= 15 is 0 Å². The minimum atomic E-state index is 1.32. The first-order valence-corrected chi connectivity index (χ1v) is 6.80. The Morgan fingerprint density at radius 3 is 1.75 bits per heavy atom. The maximum absolute atomic E-state index is 2.18. The Balaban J connectivity index is 0.000000509. The summed E-state index contributed by atoms with van der Waals surface area (Å²) < 4.78 is 0. The number of benzene rings is 1. The van der Waals surface area contributed by atoms with E-state index in [0.717, 1.165) is 0 Å². The highest BCUT2D eigenvalue weighted by Gasteiger charge is 1.97. The van der Waals surface area contributed by atoms with Crippen LogP contribution >= 0.6 is 11.3 Å². The van der Waals surface area contributed by atoms with Crippen LogP contribution in [0.5, 0.6) is 0 Å². The minimum Gasteiger partial charge on any atom is -0.141 e. The van der Waals surface area contributed by atoms with Gasteiger partial charge >= 0.3 is 0 Å². The molecule has 1 aromatic heterocycles. The molecule has 88 valence electrons. The van der Waals surface area contributed by atoms with Gasteiger partial charge in [0.1, 0.15) is 0 Å². The van der Waals surface area contributed by atoms with Gasteiger partial charge in [0, 0.05) is 9.75 Å². The van der Waals surface area contributed by atoms with Gasteiger partial charge in [0.15, 0.2) is 0 Å². The van der Waals surface area contributed by atoms with Gasteiger partial charge in [-0.05, 0) is 24.6 Å². The largest absolute Gasteiger partial charge is 0.141 e. The lowest BCUT2D eigenvalue weighted by molar-refractivity contribution is 1.50. The molecule has 0 atom stereocenters. The van der Waals surface area contributed by atoms with Gasteiger partial charge in [0.2, 0.25) is 0 Å². The molecule has 0 aliphatic carbocycles. The van der Waals surface area contributed by atoms with Crippen LogP contribution in [-0.4, -0.2) is 0 Å². The van der Waals surface area contributed by atoms with E-state index < -0.39 is 0 Å². The number of aryl methyl sites for hydroxylation is 1. The summed E-state index contributed by atoms with van der Waals surface area (Å²) in [6.45, 7) is 10.1. The predicted molar refractivity (Wildman–Crippen MR) is 77.2 cm³/mol. The average molecular weight is 234 g/mol. The van der Waals surface area contributed by atoms with Crippen molar-refractivity contribution in [3.63, 3.8) is 0 Å². The first-order chi connectivity index (χ1) is 7.86. The van der Waals surface area contributed by atoms with Crippen LogP contribution in [-0.2, 0) is 0 Å². The fourth-order valence-corrected chi connectivity index (χ4v) is 2.07. The zero-order chi connectivity index (χ0) is 12.4. The number of hydrogen-bond donors (Lipinski definition) is 0. The van der Waals surface area contributed by atoms with Crippen LogP contribution in [0, 0.1) is 6.92 Å². The van der Waals surface area contributed by atoms with Gasteiger partial charge in [-0.15, -0.1) is 11.3 Å². The van der Waals surface area contributed by atoms with Crippen LogP contribution < -0.4 is 0 Å². The van der Waals surface area contributed by atoms with E-state index in [9.17, 15) is 0 Å². The number of rotatable bonds is 1. The summed E-state index contributed by atoms with van der Waals surface area (Å²) in [4.78, 5) is 2.72. The van der Waals surface area contributed by atoms with E-state index in [-0.39, 0.29) is 0 Å². The van der Waals surface area contributed by atoms with E-state index in [1.807, 2.05) is 45.1 Å². The third-order valence-corrected chi connectivity index (χ3v) is 2.85. The van der Waals surface area contributed by atoms with Crippen LogP contribution in [0.15, 0.2) is 42.5 Å². The second kappa shape index (κ2) is 9.17. The molecule has 0 aliphatic heterocycles. The van der Waals surface area contributed by atoms with Gasteiger partial charge in [-0.3, -0.25) is 0 Å². The molecule has 0 unspecified atom stereocenters. The second-order valence-corrected chi connectivity index (χ2v) is 4.06. The quantitative estimate of drug-likeness (QED) is 0.587. The van der Waals surface area contributed by atoms with E-state index in [4.69, 9.17) is 0 Å². The van der Waals surface area contributed by atoms with Crippen molar-refractivity contribution in [3.05, 3.63) is 47.3 Å². The Hall–Kier alpha value is -1.08. The Kier molecular flexibility index (Phi) is 8.55. The van der Waals surface area contributed by atoms with Crippen molar-refractivity contribution in [2.45, 2.75) is 34.6 Å². The van der Waals surface area contributed by atoms with Crippen LogP contribution in [0.1, 0.15) is 32.6 Å². The van der Waals surface area contributed by atoms with Crippen molar-refractivity contribution in [3.8, 4) is 10.4 Å². The zero-order valence-electron chi connectivity index (χ0n) is 10.9. The summed E-state index contributed by atoms with van der Waals surface area (Å²) in [6.07, 6.45) is 0. The molecule has 0 aliphatic rings. The molecule has 2 aromatic rings. The first kappa shape index (κ1) is 14.9. The molecule has 0 nitrogen and oxygen atoms in total. The maximum Gasteiger partial charge on any atom is 0.0345 e. The molecule has 0 N–H and O–H groups in total. The average Bonchev–Trinajstić information content (AvgIpc) is 2.82. The van der Waals surface area contributed by atoms with Gasteiger partial charge in [0.25, 0.3) is 0 Å². The lowest BCUT2D eigenvalue weighted by Gasteiger charge is -1.93. The lowest BCUT2D eigenvalue weighted by atomic mass is 10.2. The minimum absolute atomic E-state index is 1.32. The maximum atomic E-state index is 2.18. The molecule has 0 spiro atoms. The zero-order valence-corrected chi connectivity index (χ0v) is 11.8. The topological polar surface area (TPSA) is 0 Å². The normalized spacial score (nSPS) is 8.31. The molecule has 0 radical (unpaired) electrons. The molecule has 1 aromatic carbocycles. The summed E-state index contributed by atoms with van der Waals surface area (Å²) in [5, 5.41) is 0. The van der Waals surface area contributed by atoms with Gasteiger partial charge < -0.3 is 0 Å². The Bertz CT molecular complexity index is 360. The molecule has 1 heteroatoms.